The fourth-order valence-corrected chi connectivity index (χ4v) is 3.68. The first-order valence-corrected chi connectivity index (χ1v) is 8.86. The molecule has 2 aliphatic heterocycles. The summed E-state index contributed by atoms with van der Waals surface area (Å²) >= 11 is 0. The topological polar surface area (TPSA) is 71.4 Å². The first-order chi connectivity index (χ1) is 12.2. The van der Waals surface area contributed by atoms with Gasteiger partial charge in [0.25, 0.3) is 0 Å². The molecule has 0 aliphatic carbocycles. The van der Waals surface area contributed by atoms with Crippen LogP contribution in [0.2, 0.25) is 0 Å². The van der Waals surface area contributed by atoms with Gasteiger partial charge in [0.2, 0.25) is 5.91 Å². The average molecular weight is 345 g/mol. The number of carbonyl (C=O) groups is 1. The van der Waals surface area contributed by atoms with E-state index in [1.165, 1.54) is 6.07 Å². The van der Waals surface area contributed by atoms with Crippen LogP contribution < -0.4 is 15.8 Å². The predicted octanol–water partition coefficient (Wildman–Crippen LogP) is 1.24. The second-order valence-corrected chi connectivity index (χ2v) is 6.58. The van der Waals surface area contributed by atoms with E-state index in [0.717, 1.165) is 12.8 Å². The highest BCUT2D eigenvalue weighted by Crippen LogP contribution is 2.24. The lowest BCUT2D eigenvalue weighted by Gasteiger charge is -2.38. The molecule has 2 aliphatic rings. The monoisotopic (exact) mass is 345 g/mol. The predicted molar refractivity (Wildman–Crippen MR) is 93.2 cm³/mol. The second-order valence-electron chi connectivity index (χ2n) is 6.58. The fraction of sp³-hybridized carbons (Fsp3) is 0.556. The maximum absolute atomic E-state index is 13.8. The molecule has 0 radical (unpaired) electrons. The van der Waals surface area contributed by atoms with Gasteiger partial charge in [-0.1, -0.05) is 19.4 Å². The molecule has 7 heteroatoms. The highest BCUT2D eigenvalue weighted by molar-refractivity contribution is 5.80. The molecule has 6 nitrogen and oxygen atoms in total. The maximum Gasteiger partial charge on any atom is 0.228 e. The SMILES string of the molecule is CCCC1NNCC1C(=O)N1CCN(c2cccc(F)c2C#N)CC1. The minimum absolute atomic E-state index is 0.0321. The Hall–Kier alpha value is -2.17. The molecule has 1 aromatic rings. The lowest BCUT2D eigenvalue weighted by Crippen LogP contribution is -2.52. The molecular weight excluding hydrogens is 321 g/mol. The number of hydrogen-bond donors (Lipinski definition) is 2. The number of halogens is 1. The van der Waals surface area contributed by atoms with Gasteiger partial charge in [-0.3, -0.25) is 15.6 Å². The van der Waals surface area contributed by atoms with Crippen LogP contribution >= 0.6 is 0 Å². The lowest BCUT2D eigenvalue weighted by atomic mass is 9.96. The second kappa shape index (κ2) is 7.81. The number of hydrogen-bond acceptors (Lipinski definition) is 5. The summed E-state index contributed by atoms with van der Waals surface area (Å²) < 4.78 is 13.8. The fourth-order valence-electron chi connectivity index (χ4n) is 3.68. The normalized spacial score (nSPS) is 23.6. The molecule has 0 aromatic heterocycles. The third-order valence-electron chi connectivity index (χ3n) is 5.05. The number of benzene rings is 1. The molecule has 1 amide bonds. The molecule has 25 heavy (non-hydrogen) atoms. The summed E-state index contributed by atoms with van der Waals surface area (Å²) in [5.41, 5.74) is 6.99. The number of hydrazine groups is 1. The Morgan fingerprint density at radius 1 is 1.36 bits per heavy atom. The van der Waals surface area contributed by atoms with E-state index in [1.807, 2.05) is 15.9 Å². The Balaban J connectivity index is 1.63. The van der Waals surface area contributed by atoms with E-state index in [4.69, 9.17) is 0 Å². The largest absolute Gasteiger partial charge is 0.367 e. The quantitative estimate of drug-likeness (QED) is 0.859. The molecule has 0 spiro atoms. The Morgan fingerprint density at radius 3 is 2.80 bits per heavy atom. The van der Waals surface area contributed by atoms with Crippen molar-refractivity contribution in [3.05, 3.63) is 29.6 Å². The van der Waals surface area contributed by atoms with Gasteiger partial charge in [0.1, 0.15) is 17.4 Å². The van der Waals surface area contributed by atoms with Crippen molar-refractivity contribution in [2.45, 2.75) is 25.8 Å². The number of nitrogens with one attached hydrogen (secondary N) is 2. The van der Waals surface area contributed by atoms with E-state index in [2.05, 4.69) is 17.8 Å². The zero-order valence-corrected chi connectivity index (χ0v) is 14.5. The number of rotatable bonds is 4. The Morgan fingerprint density at radius 2 is 2.12 bits per heavy atom. The minimum atomic E-state index is -0.496. The van der Waals surface area contributed by atoms with Gasteiger partial charge in [-0.2, -0.15) is 5.26 Å². The number of anilines is 1. The van der Waals surface area contributed by atoms with E-state index < -0.39 is 5.82 Å². The molecule has 1 aromatic carbocycles. The highest BCUT2D eigenvalue weighted by Gasteiger charge is 2.36. The summed E-state index contributed by atoms with van der Waals surface area (Å²) in [4.78, 5) is 16.7. The summed E-state index contributed by atoms with van der Waals surface area (Å²) in [5.74, 6) is -0.352. The standard InChI is InChI=1S/C18H24FN5O/c1-2-4-16-14(12-21-22-16)18(25)24-9-7-23(8-10-24)17-6-3-5-15(19)13(17)11-20/h3,5-6,14,16,21-22H,2,4,7-10,12H2,1H3. The number of piperazine rings is 1. The van der Waals surface area contributed by atoms with Crippen molar-refractivity contribution < 1.29 is 9.18 Å². The summed E-state index contributed by atoms with van der Waals surface area (Å²) in [6.07, 6.45) is 2.01. The Bertz CT molecular complexity index is 666. The molecule has 0 saturated carbocycles. The number of carbonyl (C=O) groups excluding carboxylic acids is 1. The van der Waals surface area contributed by atoms with Gasteiger partial charge in [0.15, 0.2) is 0 Å². The third kappa shape index (κ3) is 3.60. The van der Waals surface area contributed by atoms with Crippen LogP contribution in [-0.2, 0) is 4.79 Å². The zero-order valence-electron chi connectivity index (χ0n) is 14.5. The van der Waals surface area contributed by atoms with Crippen molar-refractivity contribution in [1.82, 2.24) is 15.8 Å². The van der Waals surface area contributed by atoms with E-state index in [1.54, 1.807) is 12.1 Å². The molecule has 2 heterocycles. The van der Waals surface area contributed by atoms with Crippen LogP contribution in [0.4, 0.5) is 10.1 Å². The van der Waals surface area contributed by atoms with E-state index in [9.17, 15) is 14.4 Å². The maximum atomic E-state index is 13.8. The molecule has 2 fully saturated rings. The summed E-state index contributed by atoms with van der Waals surface area (Å²) in [7, 11) is 0. The van der Waals surface area contributed by atoms with Crippen molar-refractivity contribution >= 4 is 11.6 Å². The van der Waals surface area contributed by atoms with Crippen molar-refractivity contribution in [2.24, 2.45) is 5.92 Å². The van der Waals surface area contributed by atoms with Crippen molar-refractivity contribution in [3.63, 3.8) is 0 Å². The molecule has 2 N–H and O–H groups in total. The third-order valence-corrected chi connectivity index (χ3v) is 5.05. The van der Waals surface area contributed by atoms with Crippen molar-refractivity contribution in [3.8, 4) is 6.07 Å². The van der Waals surface area contributed by atoms with E-state index >= 15 is 0 Å². The number of nitrogens with zero attached hydrogens (tertiary/aromatic N) is 3. The molecule has 2 unspecified atom stereocenters. The van der Waals surface area contributed by atoms with Gasteiger partial charge in [-0.05, 0) is 18.6 Å². The van der Waals surface area contributed by atoms with Gasteiger partial charge in [-0.15, -0.1) is 0 Å². The molecule has 3 rings (SSSR count). The summed E-state index contributed by atoms with van der Waals surface area (Å²) in [5, 5.41) is 9.20. The van der Waals surface area contributed by atoms with Crippen molar-refractivity contribution in [2.75, 3.05) is 37.6 Å². The number of amides is 1. The smallest absolute Gasteiger partial charge is 0.228 e. The Labute approximate surface area is 147 Å². The molecule has 0 bridgehead atoms. The average Bonchev–Trinajstić information content (AvgIpc) is 3.09. The first-order valence-electron chi connectivity index (χ1n) is 8.86. The molecular formula is C18H24FN5O. The molecule has 134 valence electrons. The van der Waals surface area contributed by atoms with Gasteiger partial charge >= 0.3 is 0 Å². The van der Waals surface area contributed by atoms with Crippen LogP contribution in [0, 0.1) is 23.1 Å². The van der Waals surface area contributed by atoms with Crippen molar-refractivity contribution in [1.29, 1.82) is 5.26 Å². The van der Waals surface area contributed by atoms with Crippen LogP contribution in [0.15, 0.2) is 18.2 Å². The van der Waals surface area contributed by atoms with Gasteiger partial charge in [-0.25, -0.2) is 4.39 Å². The summed E-state index contributed by atoms with van der Waals surface area (Å²) in [6.45, 7) is 5.18. The zero-order chi connectivity index (χ0) is 17.8. The minimum Gasteiger partial charge on any atom is -0.367 e. The van der Waals surface area contributed by atoms with Gasteiger partial charge in [0.05, 0.1) is 11.6 Å². The van der Waals surface area contributed by atoms with Gasteiger partial charge < -0.3 is 9.80 Å². The summed E-state index contributed by atoms with van der Waals surface area (Å²) in [6, 6.07) is 6.82. The number of nitriles is 1. The van der Waals surface area contributed by atoms with Crippen LogP contribution in [0.3, 0.4) is 0 Å². The first kappa shape index (κ1) is 17.6. The van der Waals surface area contributed by atoms with E-state index in [0.29, 0.717) is 38.4 Å². The molecule has 2 saturated heterocycles. The van der Waals surface area contributed by atoms with Crippen LogP contribution in [0.25, 0.3) is 0 Å². The van der Waals surface area contributed by atoms with Crippen LogP contribution in [-0.4, -0.2) is 49.6 Å². The van der Waals surface area contributed by atoms with Crippen LogP contribution in [0.5, 0.6) is 0 Å². The lowest BCUT2D eigenvalue weighted by molar-refractivity contribution is -0.135. The molecule has 2 atom stereocenters. The van der Waals surface area contributed by atoms with Gasteiger partial charge in [0, 0.05) is 38.8 Å². The highest BCUT2D eigenvalue weighted by atomic mass is 19.1. The van der Waals surface area contributed by atoms with Crippen LogP contribution in [0.1, 0.15) is 25.3 Å². The van der Waals surface area contributed by atoms with E-state index in [-0.39, 0.29) is 23.4 Å². The Kier molecular flexibility index (Phi) is 5.51.